The molecule has 4 aromatic rings. The van der Waals surface area contributed by atoms with E-state index in [0.717, 1.165) is 17.2 Å². The number of hydrogen-bond acceptors (Lipinski definition) is 4. The first-order valence-corrected chi connectivity index (χ1v) is 14.5. The number of benzene rings is 3. The van der Waals surface area contributed by atoms with E-state index in [0.29, 0.717) is 35.9 Å². The number of halogens is 3. The number of hydrogen-bond donors (Lipinski definition) is 2. The van der Waals surface area contributed by atoms with Gasteiger partial charge in [0.2, 0.25) is 5.91 Å². The Morgan fingerprint density at radius 1 is 1.05 bits per heavy atom. The van der Waals surface area contributed by atoms with Crippen molar-refractivity contribution < 1.29 is 18.0 Å². The Bertz CT molecular complexity index is 1580. The van der Waals surface area contributed by atoms with Crippen LogP contribution in [0, 0.1) is 11.3 Å². The van der Waals surface area contributed by atoms with Crippen molar-refractivity contribution in [2.45, 2.75) is 45.1 Å². The van der Waals surface area contributed by atoms with Crippen LogP contribution in [0.4, 0.5) is 13.2 Å². The third-order valence-electron chi connectivity index (χ3n) is 6.98. The molecule has 7 nitrogen and oxygen atoms in total. The number of aromatic nitrogens is 2. The molecule has 44 heavy (non-hydrogen) atoms. The van der Waals surface area contributed by atoms with Crippen molar-refractivity contribution in [2.75, 3.05) is 13.1 Å². The van der Waals surface area contributed by atoms with Crippen LogP contribution in [-0.4, -0.2) is 44.6 Å². The predicted octanol–water partition coefficient (Wildman–Crippen LogP) is 5.49. The molecule has 1 amide bonds. The van der Waals surface area contributed by atoms with Gasteiger partial charge in [-0.1, -0.05) is 60.7 Å². The third kappa shape index (κ3) is 9.41. The van der Waals surface area contributed by atoms with E-state index >= 15 is 0 Å². The van der Waals surface area contributed by atoms with Gasteiger partial charge in [0.1, 0.15) is 0 Å². The molecule has 0 aliphatic carbocycles. The van der Waals surface area contributed by atoms with Gasteiger partial charge in [-0.2, -0.15) is 18.4 Å². The van der Waals surface area contributed by atoms with Crippen molar-refractivity contribution in [3.63, 3.8) is 0 Å². The number of alkyl halides is 3. The van der Waals surface area contributed by atoms with Crippen LogP contribution in [-0.2, 0) is 36.9 Å². The minimum atomic E-state index is -4.51. The van der Waals surface area contributed by atoms with Crippen LogP contribution in [0.25, 0.3) is 0 Å². The predicted molar refractivity (Wildman–Crippen MR) is 166 cm³/mol. The Kier molecular flexibility index (Phi) is 11.1. The normalized spacial score (nSPS) is 11.8. The van der Waals surface area contributed by atoms with Crippen molar-refractivity contribution in [1.82, 2.24) is 25.1 Å². The molecule has 0 saturated carbocycles. The summed E-state index contributed by atoms with van der Waals surface area (Å²) in [7, 11) is 0. The fourth-order valence-corrected chi connectivity index (χ4v) is 5.06. The molecule has 1 aromatic heterocycles. The van der Waals surface area contributed by atoms with Gasteiger partial charge in [0.15, 0.2) is 5.11 Å². The molecule has 11 heteroatoms. The Labute approximate surface area is 260 Å². The summed E-state index contributed by atoms with van der Waals surface area (Å²) in [6.07, 6.45) is -0.484. The molecule has 0 aliphatic rings. The van der Waals surface area contributed by atoms with Gasteiger partial charge in [0, 0.05) is 44.1 Å². The maximum atomic E-state index is 13.8. The minimum absolute atomic E-state index is 0.0668. The van der Waals surface area contributed by atoms with E-state index in [1.165, 1.54) is 12.1 Å². The van der Waals surface area contributed by atoms with Gasteiger partial charge in [-0.3, -0.25) is 4.79 Å². The molecule has 228 valence electrons. The van der Waals surface area contributed by atoms with Crippen LogP contribution >= 0.6 is 12.2 Å². The number of nitrogens with one attached hydrogen (secondary N) is 2. The fourth-order valence-electron chi connectivity index (χ4n) is 4.82. The summed E-state index contributed by atoms with van der Waals surface area (Å²) in [6, 6.07) is 24.1. The zero-order chi connectivity index (χ0) is 31.5. The maximum Gasteiger partial charge on any atom is 0.416 e. The molecule has 0 saturated heterocycles. The molecular formula is C33H33F3N6OS. The van der Waals surface area contributed by atoms with Crippen molar-refractivity contribution in [3.05, 3.63) is 125 Å². The van der Waals surface area contributed by atoms with E-state index in [-0.39, 0.29) is 31.0 Å². The monoisotopic (exact) mass is 618 g/mol. The third-order valence-corrected chi connectivity index (χ3v) is 7.38. The highest BCUT2D eigenvalue weighted by atomic mass is 32.1. The molecule has 2 N–H and O–H groups in total. The van der Waals surface area contributed by atoms with Crippen LogP contribution in [0.1, 0.15) is 40.4 Å². The van der Waals surface area contributed by atoms with E-state index in [2.05, 4.69) is 21.7 Å². The van der Waals surface area contributed by atoms with Crippen LogP contribution in [0.3, 0.4) is 0 Å². The SMILES string of the molecule is C[C@@H](CN(Cc1ccccc1C(F)(F)F)C(=S)NCCc1ccccc1)NC(=O)Cc1cncn1Cc1ccc(C#N)cc1. The first-order chi connectivity index (χ1) is 21.1. The summed E-state index contributed by atoms with van der Waals surface area (Å²) in [5.74, 6) is -0.252. The second kappa shape index (κ2) is 15.2. The smallest absolute Gasteiger partial charge is 0.362 e. The lowest BCUT2D eigenvalue weighted by molar-refractivity contribution is -0.138. The summed E-state index contributed by atoms with van der Waals surface area (Å²) in [4.78, 5) is 18.9. The number of nitriles is 1. The Morgan fingerprint density at radius 2 is 1.75 bits per heavy atom. The molecule has 0 spiro atoms. The van der Waals surface area contributed by atoms with Gasteiger partial charge in [0.05, 0.1) is 29.9 Å². The largest absolute Gasteiger partial charge is 0.416 e. The van der Waals surface area contributed by atoms with Crippen LogP contribution in [0.15, 0.2) is 91.4 Å². The highest BCUT2D eigenvalue weighted by Gasteiger charge is 2.33. The number of amides is 1. The zero-order valence-electron chi connectivity index (χ0n) is 24.2. The van der Waals surface area contributed by atoms with E-state index in [9.17, 15) is 18.0 Å². The van der Waals surface area contributed by atoms with Crippen LogP contribution in [0.5, 0.6) is 0 Å². The summed E-state index contributed by atoms with van der Waals surface area (Å²) >= 11 is 5.64. The van der Waals surface area contributed by atoms with Crippen LogP contribution in [0.2, 0.25) is 0 Å². The fraction of sp³-hybridized carbons (Fsp3) is 0.273. The molecule has 0 aliphatic heterocycles. The summed E-state index contributed by atoms with van der Waals surface area (Å²) in [5.41, 5.74) is 2.71. The molecule has 0 fully saturated rings. The zero-order valence-corrected chi connectivity index (χ0v) is 25.0. The lowest BCUT2D eigenvalue weighted by Crippen LogP contribution is -2.48. The molecule has 1 heterocycles. The van der Waals surface area contributed by atoms with Crippen LogP contribution < -0.4 is 10.6 Å². The Hall–Kier alpha value is -4.69. The quantitative estimate of drug-likeness (QED) is 0.204. The van der Waals surface area contributed by atoms with E-state index < -0.39 is 17.8 Å². The van der Waals surface area contributed by atoms with Gasteiger partial charge < -0.3 is 20.1 Å². The topological polar surface area (TPSA) is 86.0 Å². The van der Waals surface area contributed by atoms with E-state index in [4.69, 9.17) is 17.5 Å². The van der Waals surface area contributed by atoms with Gasteiger partial charge in [0.25, 0.3) is 0 Å². The molecule has 0 unspecified atom stereocenters. The first kappa shape index (κ1) is 32.2. The van der Waals surface area contributed by atoms with E-state index in [1.54, 1.807) is 42.5 Å². The number of rotatable bonds is 12. The lowest BCUT2D eigenvalue weighted by atomic mass is 10.1. The minimum Gasteiger partial charge on any atom is -0.362 e. The first-order valence-electron chi connectivity index (χ1n) is 14.1. The van der Waals surface area contributed by atoms with Crippen molar-refractivity contribution >= 4 is 23.2 Å². The number of thiocarbonyl (C=S) groups is 1. The Morgan fingerprint density at radius 3 is 2.45 bits per heavy atom. The second-order valence-corrected chi connectivity index (χ2v) is 10.9. The number of imidazole rings is 1. The molecule has 3 aromatic carbocycles. The highest BCUT2D eigenvalue weighted by Crippen LogP contribution is 2.32. The molecule has 4 rings (SSSR count). The van der Waals surface area contributed by atoms with Gasteiger partial charge in [-0.05, 0) is 60.5 Å². The maximum absolute atomic E-state index is 13.8. The number of nitrogens with zero attached hydrogens (tertiary/aromatic N) is 4. The number of carbonyl (C=O) groups excluding carboxylic acids is 1. The average Bonchev–Trinajstić information content (AvgIpc) is 3.43. The standard InChI is InChI=1S/C33H33F3N6OS/c1-24(40-31(43)17-29-19-38-23-42(29)21-27-13-11-26(18-37)12-14-27)20-41(22-28-9-5-6-10-30(28)33(34,35)36)32(44)39-16-15-25-7-3-2-4-8-25/h2-14,19,23-24H,15-17,20-22H2,1H3,(H,39,44)(H,40,43)/t24-/m0/s1. The van der Waals surface area contributed by atoms with Gasteiger partial charge in [-0.15, -0.1) is 0 Å². The molecular weight excluding hydrogens is 585 g/mol. The van der Waals surface area contributed by atoms with E-state index in [1.807, 2.05) is 47.0 Å². The van der Waals surface area contributed by atoms with Crippen molar-refractivity contribution in [1.29, 1.82) is 5.26 Å². The summed E-state index contributed by atoms with van der Waals surface area (Å²) < 4.78 is 43.2. The average molecular weight is 619 g/mol. The van der Waals surface area contributed by atoms with Gasteiger partial charge >= 0.3 is 6.18 Å². The summed E-state index contributed by atoms with van der Waals surface area (Å²) in [5, 5.41) is 15.5. The number of carbonyl (C=O) groups is 1. The lowest BCUT2D eigenvalue weighted by Gasteiger charge is -2.30. The highest BCUT2D eigenvalue weighted by molar-refractivity contribution is 7.80. The molecule has 0 radical (unpaired) electrons. The molecule has 1 atom stereocenters. The molecule has 0 bridgehead atoms. The summed E-state index contributed by atoms with van der Waals surface area (Å²) in [6.45, 7) is 2.90. The Balaban J connectivity index is 1.40. The van der Waals surface area contributed by atoms with Crippen molar-refractivity contribution in [2.24, 2.45) is 0 Å². The van der Waals surface area contributed by atoms with Gasteiger partial charge in [-0.25, -0.2) is 4.98 Å². The van der Waals surface area contributed by atoms with Crippen molar-refractivity contribution in [3.8, 4) is 6.07 Å². The second-order valence-electron chi connectivity index (χ2n) is 10.5.